The minimum absolute atomic E-state index is 0.0542. The topological polar surface area (TPSA) is 85.8 Å². The van der Waals surface area contributed by atoms with E-state index in [1.807, 2.05) is 23.1 Å². The second-order valence-corrected chi connectivity index (χ2v) is 6.82. The fraction of sp³-hybridized carbons (Fsp3) is 0.227. The minimum Gasteiger partial charge on any atom is -0.336 e. The fourth-order valence-corrected chi connectivity index (χ4v) is 3.22. The Labute approximate surface area is 169 Å². The van der Waals surface area contributed by atoms with Crippen LogP contribution < -0.4 is 5.48 Å². The molecule has 1 atom stereocenters. The van der Waals surface area contributed by atoms with Crippen molar-refractivity contribution in [2.45, 2.75) is 6.04 Å². The number of amides is 2. The van der Waals surface area contributed by atoms with Crippen LogP contribution in [-0.2, 0) is 9.59 Å². The van der Waals surface area contributed by atoms with E-state index in [1.54, 1.807) is 24.3 Å². The van der Waals surface area contributed by atoms with Crippen molar-refractivity contribution in [3.8, 4) is 0 Å². The number of hydrogen-bond acceptors (Lipinski definition) is 5. The van der Waals surface area contributed by atoms with Crippen LogP contribution in [0.2, 0.25) is 0 Å². The van der Waals surface area contributed by atoms with E-state index in [9.17, 15) is 9.59 Å². The van der Waals surface area contributed by atoms with Gasteiger partial charge in [-0.3, -0.25) is 19.7 Å². The molecule has 1 unspecified atom stereocenters. The molecule has 2 amide bonds. The number of benzene rings is 1. The summed E-state index contributed by atoms with van der Waals surface area (Å²) in [6.07, 6.45) is 5.86. The maximum absolute atomic E-state index is 12.7. The lowest BCUT2D eigenvalue weighted by Crippen LogP contribution is -2.48. The molecular weight excluding hydrogens is 368 g/mol. The van der Waals surface area contributed by atoms with Crippen LogP contribution in [0.25, 0.3) is 12.2 Å². The number of piperazine rings is 1. The number of likely N-dealkylation sites (N-methyl/N-ethyl adjacent to an activating group) is 1. The van der Waals surface area contributed by atoms with Crippen molar-refractivity contribution < 1.29 is 14.8 Å². The molecule has 2 N–H and O–H groups in total. The Morgan fingerprint density at radius 2 is 1.72 bits per heavy atom. The zero-order chi connectivity index (χ0) is 20.6. The summed E-state index contributed by atoms with van der Waals surface area (Å²) in [4.78, 5) is 32.2. The molecule has 7 nitrogen and oxygen atoms in total. The molecule has 7 heteroatoms. The van der Waals surface area contributed by atoms with Gasteiger partial charge in [-0.25, -0.2) is 10.5 Å². The fourth-order valence-electron chi connectivity index (χ4n) is 3.22. The van der Waals surface area contributed by atoms with Gasteiger partial charge in [-0.2, -0.15) is 0 Å². The van der Waals surface area contributed by atoms with Crippen LogP contribution in [0, 0.1) is 0 Å². The molecule has 1 aromatic carbocycles. The van der Waals surface area contributed by atoms with Crippen LogP contribution in [0.5, 0.6) is 0 Å². The first-order valence-corrected chi connectivity index (χ1v) is 9.38. The highest BCUT2D eigenvalue weighted by Crippen LogP contribution is 2.24. The molecule has 1 saturated heterocycles. The number of hydroxylamine groups is 1. The lowest BCUT2D eigenvalue weighted by Gasteiger charge is -2.39. The van der Waals surface area contributed by atoms with Crippen LogP contribution in [0.3, 0.4) is 0 Å². The van der Waals surface area contributed by atoms with Gasteiger partial charge in [-0.15, -0.1) is 0 Å². The average Bonchev–Trinajstić information content (AvgIpc) is 2.77. The van der Waals surface area contributed by atoms with Gasteiger partial charge in [-0.05, 0) is 36.9 Å². The number of nitrogens with zero attached hydrogens (tertiary/aromatic N) is 3. The van der Waals surface area contributed by atoms with E-state index >= 15 is 0 Å². The highest BCUT2D eigenvalue weighted by atomic mass is 16.5. The Morgan fingerprint density at radius 1 is 1.03 bits per heavy atom. The number of carbonyl (C=O) groups is 2. The maximum Gasteiger partial charge on any atom is 0.267 e. The van der Waals surface area contributed by atoms with Gasteiger partial charge < -0.3 is 4.90 Å². The molecule has 150 valence electrons. The van der Waals surface area contributed by atoms with Crippen molar-refractivity contribution >= 4 is 24.0 Å². The standard InChI is InChI=1S/C22H24N4O3/c1-25-14-15-26(16-20(25)17-6-3-2-4-7-17)22(28)13-11-19-9-5-8-18(23-19)10-12-21(27)24-29/h2-13,20,29H,14-16H2,1H3,(H,24,27)/b12-10+,13-11+. The van der Waals surface area contributed by atoms with Crippen molar-refractivity contribution in [3.05, 3.63) is 77.6 Å². The van der Waals surface area contributed by atoms with Gasteiger partial charge in [0.1, 0.15) is 0 Å². The van der Waals surface area contributed by atoms with Gasteiger partial charge in [0, 0.05) is 31.8 Å². The normalized spacial score (nSPS) is 17.7. The second kappa shape index (κ2) is 9.77. The van der Waals surface area contributed by atoms with Gasteiger partial charge in [-0.1, -0.05) is 36.4 Å². The first kappa shape index (κ1) is 20.4. The molecule has 1 aliphatic heterocycles. The SMILES string of the molecule is CN1CCN(C(=O)/C=C/c2cccc(/C=C/C(=O)NO)n2)CC1c1ccccc1. The molecule has 0 radical (unpaired) electrons. The van der Waals surface area contributed by atoms with E-state index in [4.69, 9.17) is 5.21 Å². The maximum atomic E-state index is 12.7. The monoisotopic (exact) mass is 392 g/mol. The van der Waals surface area contributed by atoms with Crippen LogP contribution in [0.15, 0.2) is 60.7 Å². The van der Waals surface area contributed by atoms with Crippen molar-refractivity contribution in [2.24, 2.45) is 0 Å². The minimum atomic E-state index is -0.633. The van der Waals surface area contributed by atoms with Gasteiger partial charge in [0.05, 0.1) is 17.4 Å². The molecule has 0 spiro atoms. The molecule has 3 rings (SSSR count). The summed E-state index contributed by atoms with van der Waals surface area (Å²) in [6.45, 7) is 2.12. The number of hydrogen-bond donors (Lipinski definition) is 2. The van der Waals surface area contributed by atoms with Gasteiger partial charge in [0.15, 0.2) is 0 Å². The molecule has 29 heavy (non-hydrogen) atoms. The summed E-state index contributed by atoms with van der Waals surface area (Å²) >= 11 is 0. The predicted octanol–water partition coefficient (Wildman–Crippen LogP) is 2.13. The van der Waals surface area contributed by atoms with E-state index in [0.29, 0.717) is 24.5 Å². The zero-order valence-electron chi connectivity index (χ0n) is 16.2. The molecule has 2 aromatic rings. The quantitative estimate of drug-likeness (QED) is 0.463. The molecule has 0 saturated carbocycles. The van der Waals surface area contributed by atoms with Crippen molar-refractivity contribution in [3.63, 3.8) is 0 Å². The summed E-state index contributed by atoms with van der Waals surface area (Å²) in [5.74, 6) is -0.688. The van der Waals surface area contributed by atoms with Gasteiger partial charge >= 0.3 is 0 Å². The van der Waals surface area contributed by atoms with Crippen LogP contribution in [0.4, 0.5) is 0 Å². The molecule has 0 aliphatic carbocycles. The third-order valence-electron chi connectivity index (χ3n) is 4.85. The summed E-state index contributed by atoms with van der Waals surface area (Å²) in [7, 11) is 2.08. The van der Waals surface area contributed by atoms with Gasteiger partial charge in [0.2, 0.25) is 5.91 Å². The smallest absolute Gasteiger partial charge is 0.267 e. The first-order chi connectivity index (χ1) is 14.1. The number of pyridine rings is 1. The Kier molecular flexibility index (Phi) is 6.89. The number of nitrogens with one attached hydrogen (secondary N) is 1. The molecule has 0 bridgehead atoms. The van der Waals surface area contributed by atoms with Crippen molar-refractivity contribution in [1.82, 2.24) is 20.3 Å². The van der Waals surface area contributed by atoms with Crippen molar-refractivity contribution in [1.29, 1.82) is 0 Å². The Hall–Kier alpha value is -3.29. The van der Waals surface area contributed by atoms with E-state index in [1.165, 1.54) is 29.3 Å². The third-order valence-corrected chi connectivity index (χ3v) is 4.85. The van der Waals surface area contributed by atoms with Crippen LogP contribution >= 0.6 is 0 Å². The largest absolute Gasteiger partial charge is 0.336 e. The molecule has 1 aliphatic rings. The first-order valence-electron chi connectivity index (χ1n) is 9.38. The Balaban J connectivity index is 1.66. The third kappa shape index (κ3) is 5.60. The lowest BCUT2D eigenvalue weighted by atomic mass is 10.0. The second-order valence-electron chi connectivity index (χ2n) is 6.82. The van der Waals surface area contributed by atoms with Crippen LogP contribution in [-0.4, -0.2) is 58.5 Å². The van der Waals surface area contributed by atoms with E-state index in [-0.39, 0.29) is 11.9 Å². The van der Waals surface area contributed by atoms with Crippen LogP contribution in [0.1, 0.15) is 23.0 Å². The summed E-state index contributed by atoms with van der Waals surface area (Å²) in [6, 6.07) is 15.7. The summed E-state index contributed by atoms with van der Waals surface area (Å²) in [5.41, 5.74) is 3.88. The van der Waals surface area contributed by atoms with Crippen molar-refractivity contribution in [2.75, 3.05) is 26.7 Å². The van der Waals surface area contributed by atoms with E-state index < -0.39 is 5.91 Å². The van der Waals surface area contributed by atoms with E-state index in [2.05, 4.69) is 29.1 Å². The Bertz CT molecular complexity index is 911. The van der Waals surface area contributed by atoms with E-state index in [0.717, 1.165) is 6.54 Å². The molecule has 1 aromatic heterocycles. The number of aromatic nitrogens is 1. The predicted molar refractivity (Wildman–Crippen MR) is 111 cm³/mol. The zero-order valence-corrected chi connectivity index (χ0v) is 16.2. The highest BCUT2D eigenvalue weighted by molar-refractivity contribution is 5.92. The Morgan fingerprint density at radius 3 is 2.41 bits per heavy atom. The molecule has 1 fully saturated rings. The highest BCUT2D eigenvalue weighted by Gasteiger charge is 2.27. The lowest BCUT2D eigenvalue weighted by molar-refractivity contribution is -0.128. The summed E-state index contributed by atoms with van der Waals surface area (Å²) in [5, 5.41) is 8.52. The molecule has 2 heterocycles. The molecular formula is C22H24N4O3. The van der Waals surface area contributed by atoms with Gasteiger partial charge in [0.25, 0.3) is 5.91 Å². The number of carbonyl (C=O) groups excluding carboxylic acids is 2. The average molecular weight is 392 g/mol. The summed E-state index contributed by atoms with van der Waals surface area (Å²) < 4.78 is 0. The number of rotatable bonds is 5.